The minimum atomic E-state index is -1.69. The lowest BCUT2D eigenvalue weighted by molar-refractivity contribution is -0.127. The molecule has 0 bridgehead atoms. The second-order valence-electron chi connectivity index (χ2n) is 7.94. The largest absolute Gasteiger partial charge is 0.354 e. The Morgan fingerprint density at radius 2 is 2.00 bits per heavy atom. The topological polar surface area (TPSA) is 61.4 Å². The van der Waals surface area contributed by atoms with Crippen LogP contribution >= 0.6 is 11.6 Å². The molecule has 1 saturated heterocycles. The summed E-state index contributed by atoms with van der Waals surface area (Å²) in [5.41, 5.74) is 0.934. The van der Waals surface area contributed by atoms with Crippen LogP contribution in [0.4, 0.5) is 10.2 Å². The molecule has 6 nitrogen and oxygen atoms in total. The number of rotatable bonds is 5. The molecule has 1 aromatic carbocycles. The van der Waals surface area contributed by atoms with Crippen LogP contribution in [0.2, 0.25) is 5.02 Å². The van der Waals surface area contributed by atoms with E-state index in [4.69, 9.17) is 16.6 Å². The zero-order valence-corrected chi connectivity index (χ0v) is 17.5. The van der Waals surface area contributed by atoms with E-state index < -0.39 is 11.6 Å². The van der Waals surface area contributed by atoms with E-state index in [1.54, 1.807) is 6.20 Å². The maximum Gasteiger partial charge on any atom is 0.257 e. The molecule has 2 aromatic rings. The van der Waals surface area contributed by atoms with Gasteiger partial charge in [0, 0.05) is 55.1 Å². The van der Waals surface area contributed by atoms with Crippen LogP contribution in [0.25, 0.3) is 11.4 Å². The van der Waals surface area contributed by atoms with Crippen LogP contribution in [0.5, 0.6) is 0 Å². The number of aryl methyl sites for hydroxylation is 1. The summed E-state index contributed by atoms with van der Waals surface area (Å²) in [7, 11) is 2.09. The van der Waals surface area contributed by atoms with Gasteiger partial charge in [0.05, 0.1) is 0 Å². The predicted octanol–water partition coefficient (Wildman–Crippen LogP) is 2.98. The normalized spacial score (nSPS) is 18.6. The number of nitrogens with one attached hydrogen (secondary N) is 1. The molecular formula is C21H25ClFN5O. The molecule has 1 amide bonds. The highest BCUT2D eigenvalue weighted by atomic mass is 35.5. The third-order valence-corrected chi connectivity index (χ3v) is 6.02. The van der Waals surface area contributed by atoms with Crippen LogP contribution in [0.1, 0.15) is 24.0 Å². The Morgan fingerprint density at radius 1 is 1.28 bits per heavy atom. The Balaban J connectivity index is 1.62. The Kier molecular flexibility index (Phi) is 5.44. The van der Waals surface area contributed by atoms with Crippen LogP contribution in [-0.2, 0) is 11.3 Å². The Hall–Kier alpha value is -2.25. The van der Waals surface area contributed by atoms with Crippen molar-refractivity contribution in [3.63, 3.8) is 0 Å². The number of nitrogens with zero attached hydrogens (tertiary/aromatic N) is 4. The van der Waals surface area contributed by atoms with Gasteiger partial charge in [-0.15, -0.1) is 0 Å². The van der Waals surface area contributed by atoms with Gasteiger partial charge in [0.1, 0.15) is 5.82 Å². The van der Waals surface area contributed by atoms with Crippen LogP contribution in [0.15, 0.2) is 24.4 Å². The Morgan fingerprint density at radius 3 is 2.66 bits per heavy atom. The van der Waals surface area contributed by atoms with Gasteiger partial charge in [-0.1, -0.05) is 23.7 Å². The molecule has 2 heterocycles. The van der Waals surface area contributed by atoms with E-state index in [0.29, 0.717) is 23.7 Å². The zero-order valence-electron chi connectivity index (χ0n) is 16.7. The Bertz CT molecular complexity index is 925. The fraction of sp³-hybridized carbons (Fsp3) is 0.476. The highest BCUT2D eigenvalue weighted by Gasteiger charge is 2.50. The number of benzene rings is 1. The number of amides is 1. The number of piperazine rings is 1. The number of aromatic nitrogens is 2. The second kappa shape index (κ2) is 7.88. The molecule has 8 heteroatoms. The average Bonchev–Trinajstić information content (AvgIpc) is 3.47. The first-order valence-corrected chi connectivity index (χ1v) is 10.3. The van der Waals surface area contributed by atoms with Crippen LogP contribution in [0.3, 0.4) is 0 Å². The molecule has 154 valence electrons. The summed E-state index contributed by atoms with van der Waals surface area (Å²) in [6.45, 7) is 5.67. The van der Waals surface area contributed by atoms with Gasteiger partial charge in [-0.2, -0.15) is 0 Å². The lowest BCUT2D eigenvalue weighted by Gasteiger charge is -2.34. The summed E-state index contributed by atoms with van der Waals surface area (Å²) >= 11 is 6.28. The number of halogens is 2. The van der Waals surface area contributed by atoms with Crippen molar-refractivity contribution in [2.75, 3.05) is 38.1 Å². The van der Waals surface area contributed by atoms with Gasteiger partial charge in [0.2, 0.25) is 0 Å². The van der Waals surface area contributed by atoms with Gasteiger partial charge in [-0.3, -0.25) is 4.79 Å². The molecule has 2 aliphatic rings. The number of likely N-dealkylation sites (N-methyl/N-ethyl adjacent to an activating group) is 1. The molecule has 2 fully saturated rings. The first-order chi connectivity index (χ1) is 13.9. The maximum atomic E-state index is 14.0. The molecule has 1 N–H and O–H groups in total. The highest BCUT2D eigenvalue weighted by molar-refractivity contribution is 6.31. The zero-order chi connectivity index (χ0) is 20.6. The van der Waals surface area contributed by atoms with Crippen molar-refractivity contribution in [3.05, 3.63) is 40.5 Å². The smallest absolute Gasteiger partial charge is 0.257 e. The summed E-state index contributed by atoms with van der Waals surface area (Å²) in [6.07, 6.45) is 2.32. The minimum absolute atomic E-state index is 0.209. The van der Waals surface area contributed by atoms with Gasteiger partial charge in [-0.05, 0) is 38.4 Å². The van der Waals surface area contributed by atoms with E-state index in [9.17, 15) is 9.18 Å². The molecule has 1 saturated carbocycles. The van der Waals surface area contributed by atoms with Crippen molar-refractivity contribution in [2.45, 2.75) is 32.0 Å². The summed E-state index contributed by atoms with van der Waals surface area (Å²) in [5.74, 6) is 0.820. The number of carbonyl (C=O) groups is 1. The highest BCUT2D eigenvalue weighted by Crippen LogP contribution is 2.40. The molecule has 0 atom stereocenters. The lowest BCUT2D eigenvalue weighted by Crippen LogP contribution is -2.45. The van der Waals surface area contributed by atoms with E-state index in [2.05, 4.69) is 27.1 Å². The molecule has 29 heavy (non-hydrogen) atoms. The monoisotopic (exact) mass is 417 g/mol. The summed E-state index contributed by atoms with van der Waals surface area (Å²) < 4.78 is 14.0. The van der Waals surface area contributed by atoms with Crippen molar-refractivity contribution in [1.82, 2.24) is 20.2 Å². The number of hydrogen-bond acceptors (Lipinski definition) is 5. The fourth-order valence-corrected chi connectivity index (χ4v) is 3.54. The maximum absolute atomic E-state index is 14.0. The first kappa shape index (κ1) is 20.0. The van der Waals surface area contributed by atoms with Gasteiger partial charge < -0.3 is 15.1 Å². The summed E-state index contributed by atoms with van der Waals surface area (Å²) in [5, 5.41) is 3.38. The van der Waals surface area contributed by atoms with E-state index in [1.807, 2.05) is 25.1 Å². The van der Waals surface area contributed by atoms with Crippen molar-refractivity contribution >= 4 is 23.3 Å². The SMILES string of the molecule is Cc1ccc(-c2ncc(CNC(=O)C3(F)CC3)c(N3CCN(C)CC3)n2)cc1Cl. The van der Waals surface area contributed by atoms with Gasteiger partial charge in [0.15, 0.2) is 11.5 Å². The first-order valence-electron chi connectivity index (χ1n) is 9.89. The van der Waals surface area contributed by atoms with Gasteiger partial charge in [0.25, 0.3) is 5.91 Å². The standard InChI is InChI=1S/C21H25ClFN5O/c1-14-3-4-15(11-17(14)22)18-24-12-16(13-25-20(29)21(23)5-6-21)19(26-18)28-9-7-27(2)8-10-28/h3-4,11-12H,5-10,13H2,1-2H3,(H,25,29). The summed E-state index contributed by atoms with van der Waals surface area (Å²) in [4.78, 5) is 25.8. The number of hydrogen-bond donors (Lipinski definition) is 1. The number of anilines is 1. The van der Waals surface area contributed by atoms with Crippen molar-refractivity contribution in [2.24, 2.45) is 0 Å². The summed E-state index contributed by atoms with van der Waals surface area (Å²) in [6, 6.07) is 5.76. The van der Waals surface area contributed by atoms with Gasteiger partial charge >= 0.3 is 0 Å². The molecule has 1 aliphatic carbocycles. The predicted molar refractivity (Wildman–Crippen MR) is 112 cm³/mol. The van der Waals surface area contributed by atoms with E-state index in [-0.39, 0.29) is 6.54 Å². The molecule has 0 unspecified atom stereocenters. The van der Waals surface area contributed by atoms with Crippen LogP contribution in [0, 0.1) is 6.92 Å². The quantitative estimate of drug-likeness (QED) is 0.810. The molecular weight excluding hydrogens is 393 g/mol. The average molecular weight is 418 g/mol. The lowest BCUT2D eigenvalue weighted by atomic mass is 10.1. The third-order valence-electron chi connectivity index (χ3n) is 5.61. The minimum Gasteiger partial charge on any atom is -0.354 e. The van der Waals surface area contributed by atoms with Crippen molar-refractivity contribution in [3.8, 4) is 11.4 Å². The fourth-order valence-electron chi connectivity index (χ4n) is 3.36. The van der Waals surface area contributed by atoms with Crippen LogP contribution < -0.4 is 10.2 Å². The van der Waals surface area contributed by atoms with Crippen molar-refractivity contribution in [1.29, 1.82) is 0 Å². The number of carbonyl (C=O) groups excluding carboxylic acids is 1. The van der Waals surface area contributed by atoms with E-state index >= 15 is 0 Å². The number of alkyl halides is 1. The van der Waals surface area contributed by atoms with E-state index in [1.165, 1.54) is 0 Å². The molecule has 0 radical (unpaired) electrons. The van der Waals surface area contributed by atoms with Crippen molar-refractivity contribution < 1.29 is 9.18 Å². The van der Waals surface area contributed by atoms with Gasteiger partial charge in [-0.25, -0.2) is 14.4 Å². The van der Waals surface area contributed by atoms with E-state index in [0.717, 1.165) is 48.7 Å². The van der Waals surface area contributed by atoms with Crippen LogP contribution in [-0.4, -0.2) is 59.7 Å². The molecule has 4 rings (SSSR count). The molecule has 1 aliphatic heterocycles. The Labute approximate surface area is 175 Å². The molecule has 1 aromatic heterocycles. The third kappa shape index (κ3) is 4.36. The molecule has 0 spiro atoms. The second-order valence-corrected chi connectivity index (χ2v) is 8.35.